The lowest BCUT2D eigenvalue weighted by molar-refractivity contribution is 0.0656. The molecule has 1 amide bonds. The van der Waals surface area contributed by atoms with E-state index in [0.29, 0.717) is 25.9 Å². The molecule has 5 heteroatoms. The number of carbonyl (C=O) groups excluding carboxylic acids is 1. The third-order valence-corrected chi connectivity index (χ3v) is 3.61. The van der Waals surface area contributed by atoms with Crippen LogP contribution in [-0.4, -0.2) is 23.9 Å². The first kappa shape index (κ1) is 13.5. The number of amides is 1. The molecule has 1 saturated heterocycles. The van der Waals surface area contributed by atoms with E-state index in [0.717, 1.165) is 6.07 Å². The number of piperidine rings is 1. The minimum Gasteiger partial charge on any atom is -0.338 e. The van der Waals surface area contributed by atoms with Crippen LogP contribution in [0, 0.1) is 28.4 Å². The molecular formula is C14H14F2N2O. The van der Waals surface area contributed by atoms with E-state index in [-0.39, 0.29) is 5.56 Å². The van der Waals surface area contributed by atoms with Crippen molar-refractivity contribution in [2.75, 3.05) is 13.1 Å². The summed E-state index contributed by atoms with van der Waals surface area (Å²) in [5.74, 6) is -2.65. The molecule has 1 fully saturated rings. The van der Waals surface area contributed by atoms with Gasteiger partial charge in [-0.05, 0) is 31.9 Å². The van der Waals surface area contributed by atoms with E-state index in [1.165, 1.54) is 17.0 Å². The van der Waals surface area contributed by atoms with Crippen LogP contribution in [0.3, 0.4) is 0 Å². The largest absolute Gasteiger partial charge is 0.338 e. The predicted octanol–water partition coefficient (Wildman–Crippen LogP) is 2.73. The third-order valence-electron chi connectivity index (χ3n) is 3.61. The van der Waals surface area contributed by atoms with Crippen molar-refractivity contribution in [3.63, 3.8) is 0 Å². The highest BCUT2D eigenvalue weighted by Crippen LogP contribution is 2.30. The van der Waals surface area contributed by atoms with Crippen LogP contribution < -0.4 is 0 Å². The molecule has 2 rings (SSSR count). The van der Waals surface area contributed by atoms with Crippen LogP contribution in [0.15, 0.2) is 18.2 Å². The third kappa shape index (κ3) is 2.58. The summed E-state index contributed by atoms with van der Waals surface area (Å²) in [5, 5.41) is 9.01. The molecular weight excluding hydrogens is 250 g/mol. The number of nitrogens with zero attached hydrogens (tertiary/aromatic N) is 2. The van der Waals surface area contributed by atoms with E-state index in [2.05, 4.69) is 6.07 Å². The van der Waals surface area contributed by atoms with Crippen molar-refractivity contribution in [3.8, 4) is 6.07 Å². The number of rotatable bonds is 1. The van der Waals surface area contributed by atoms with Gasteiger partial charge in [0, 0.05) is 13.1 Å². The topological polar surface area (TPSA) is 44.1 Å². The minimum absolute atomic E-state index is 0.249. The van der Waals surface area contributed by atoms with Crippen molar-refractivity contribution in [1.82, 2.24) is 4.90 Å². The highest BCUT2D eigenvalue weighted by Gasteiger charge is 2.32. The van der Waals surface area contributed by atoms with Gasteiger partial charge in [0.25, 0.3) is 5.91 Å². The van der Waals surface area contributed by atoms with Crippen molar-refractivity contribution in [1.29, 1.82) is 5.26 Å². The summed E-state index contributed by atoms with van der Waals surface area (Å²) in [4.78, 5) is 13.6. The van der Waals surface area contributed by atoms with Crippen LogP contribution in [0.1, 0.15) is 30.1 Å². The Hall–Kier alpha value is -1.96. The Balaban J connectivity index is 2.15. The summed E-state index contributed by atoms with van der Waals surface area (Å²) < 4.78 is 26.6. The summed E-state index contributed by atoms with van der Waals surface area (Å²) in [6.07, 6.45) is 1.10. The monoisotopic (exact) mass is 264 g/mol. The zero-order chi connectivity index (χ0) is 14.0. The molecule has 1 aliphatic rings. The second-order valence-electron chi connectivity index (χ2n) is 5.07. The SMILES string of the molecule is CC1(C#N)CCN(C(=O)c2cccc(F)c2F)CC1. The highest BCUT2D eigenvalue weighted by molar-refractivity contribution is 5.94. The van der Waals surface area contributed by atoms with E-state index in [1.54, 1.807) is 0 Å². The molecule has 19 heavy (non-hydrogen) atoms. The fourth-order valence-corrected chi connectivity index (χ4v) is 2.15. The van der Waals surface area contributed by atoms with Crippen LogP contribution in [0.4, 0.5) is 8.78 Å². The molecule has 0 saturated carbocycles. The van der Waals surface area contributed by atoms with Crippen molar-refractivity contribution in [2.24, 2.45) is 5.41 Å². The van der Waals surface area contributed by atoms with Crippen LogP contribution in [0.5, 0.6) is 0 Å². The Bertz CT molecular complexity index is 543. The molecule has 0 radical (unpaired) electrons. The molecule has 0 unspecified atom stereocenters. The first-order chi connectivity index (χ1) is 8.97. The van der Waals surface area contributed by atoms with Gasteiger partial charge in [-0.3, -0.25) is 4.79 Å². The van der Waals surface area contributed by atoms with Gasteiger partial charge < -0.3 is 4.90 Å². The lowest BCUT2D eigenvalue weighted by atomic mass is 9.82. The number of hydrogen-bond donors (Lipinski definition) is 0. The van der Waals surface area contributed by atoms with E-state index in [1.807, 2.05) is 6.92 Å². The molecule has 0 aromatic heterocycles. The Morgan fingerprint density at radius 1 is 1.37 bits per heavy atom. The zero-order valence-electron chi connectivity index (χ0n) is 10.6. The Labute approximate surface area is 110 Å². The minimum atomic E-state index is -1.11. The summed E-state index contributed by atoms with van der Waals surface area (Å²) in [6.45, 7) is 2.62. The number of halogens is 2. The highest BCUT2D eigenvalue weighted by atomic mass is 19.2. The molecule has 0 spiro atoms. The van der Waals surface area contributed by atoms with Gasteiger partial charge in [0.2, 0.25) is 0 Å². The van der Waals surface area contributed by atoms with Gasteiger partial charge >= 0.3 is 0 Å². The maximum atomic E-state index is 13.6. The van der Waals surface area contributed by atoms with E-state index >= 15 is 0 Å². The molecule has 1 aromatic carbocycles. The lowest BCUT2D eigenvalue weighted by Crippen LogP contribution is -2.42. The van der Waals surface area contributed by atoms with E-state index < -0.39 is 23.0 Å². The number of benzene rings is 1. The fourth-order valence-electron chi connectivity index (χ4n) is 2.15. The maximum absolute atomic E-state index is 13.6. The number of carbonyl (C=O) groups is 1. The summed E-state index contributed by atoms with van der Waals surface area (Å²) >= 11 is 0. The standard InChI is InChI=1S/C14H14F2N2O/c1-14(9-17)5-7-18(8-6-14)13(19)10-3-2-4-11(15)12(10)16/h2-4H,5-8H2,1H3. The molecule has 1 heterocycles. The molecule has 1 aliphatic heterocycles. The second-order valence-corrected chi connectivity index (χ2v) is 5.07. The van der Waals surface area contributed by atoms with Gasteiger partial charge in [-0.15, -0.1) is 0 Å². The average Bonchev–Trinajstić information content (AvgIpc) is 2.42. The first-order valence-corrected chi connectivity index (χ1v) is 6.11. The second kappa shape index (κ2) is 4.96. The Kier molecular flexibility index (Phi) is 3.52. The normalized spacial score (nSPS) is 17.9. The summed E-state index contributed by atoms with van der Waals surface area (Å²) in [6, 6.07) is 5.80. The van der Waals surface area contributed by atoms with Gasteiger partial charge in [-0.2, -0.15) is 5.26 Å². The average molecular weight is 264 g/mol. The molecule has 0 bridgehead atoms. The predicted molar refractivity (Wildman–Crippen MR) is 65.2 cm³/mol. The molecule has 0 atom stereocenters. The van der Waals surface area contributed by atoms with Gasteiger partial charge in [-0.25, -0.2) is 8.78 Å². The smallest absolute Gasteiger partial charge is 0.256 e. The van der Waals surface area contributed by atoms with Crippen LogP contribution >= 0.6 is 0 Å². The number of likely N-dealkylation sites (tertiary alicyclic amines) is 1. The number of nitriles is 1. The molecule has 3 nitrogen and oxygen atoms in total. The van der Waals surface area contributed by atoms with Crippen LogP contribution in [-0.2, 0) is 0 Å². The molecule has 0 N–H and O–H groups in total. The summed E-state index contributed by atoms with van der Waals surface area (Å²) in [5.41, 5.74) is -0.683. The van der Waals surface area contributed by atoms with Gasteiger partial charge in [0.1, 0.15) is 0 Å². The Morgan fingerprint density at radius 2 is 2.00 bits per heavy atom. The molecule has 100 valence electrons. The summed E-state index contributed by atoms with van der Waals surface area (Å²) in [7, 11) is 0. The quantitative estimate of drug-likeness (QED) is 0.782. The van der Waals surface area contributed by atoms with Crippen molar-refractivity contribution in [3.05, 3.63) is 35.4 Å². The maximum Gasteiger partial charge on any atom is 0.256 e. The fraction of sp³-hybridized carbons (Fsp3) is 0.429. The van der Waals surface area contributed by atoms with Gasteiger partial charge in [0.05, 0.1) is 17.0 Å². The zero-order valence-corrected chi connectivity index (χ0v) is 10.6. The molecule has 0 aliphatic carbocycles. The lowest BCUT2D eigenvalue weighted by Gasteiger charge is -2.35. The van der Waals surface area contributed by atoms with E-state index in [9.17, 15) is 13.6 Å². The van der Waals surface area contributed by atoms with Crippen molar-refractivity contribution < 1.29 is 13.6 Å². The number of hydrogen-bond acceptors (Lipinski definition) is 2. The van der Waals surface area contributed by atoms with Crippen molar-refractivity contribution >= 4 is 5.91 Å². The van der Waals surface area contributed by atoms with Crippen LogP contribution in [0.25, 0.3) is 0 Å². The molecule has 1 aromatic rings. The van der Waals surface area contributed by atoms with Crippen LogP contribution in [0.2, 0.25) is 0 Å². The van der Waals surface area contributed by atoms with E-state index in [4.69, 9.17) is 5.26 Å². The van der Waals surface area contributed by atoms with Crippen molar-refractivity contribution in [2.45, 2.75) is 19.8 Å². The first-order valence-electron chi connectivity index (χ1n) is 6.11. The Morgan fingerprint density at radius 3 is 2.58 bits per heavy atom. The van der Waals surface area contributed by atoms with Gasteiger partial charge in [0.15, 0.2) is 11.6 Å². The van der Waals surface area contributed by atoms with Gasteiger partial charge in [-0.1, -0.05) is 6.07 Å².